The van der Waals surface area contributed by atoms with Crippen molar-refractivity contribution >= 4 is 34.0 Å². The molecular weight excluding hydrogens is 366 g/mol. The molecular formula is C19H25N3O2S2. The number of hydrogen-bond donors (Lipinski definition) is 0. The Labute approximate surface area is 161 Å². The highest BCUT2D eigenvalue weighted by molar-refractivity contribution is 7.99. The second-order valence-electron chi connectivity index (χ2n) is 7.58. The number of thiazole rings is 1. The maximum atomic E-state index is 12.9. The van der Waals surface area contributed by atoms with E-state index in [0.29, 0.717) is 23.6 Å². The zero-order valence-electron chi connectivity index (χ0n) is 15.1. The molecule has 0 aliphatic heterocycles. The second-order valence-corrected chi connectivity index (χ2v) is 9.44. The van der Waals surface area contributed by atoms with Crippen molar-refractivity contribution in [2.75, 3.05) is 5.75 Å². The SMILES string of the molecule is CC1CCC(N(C(=O)CSCc2cc(=O)n3ccsc3n2)C2CC2)CC1. The van der Waals surface area contributed by atoms with Crippen LogP contribution in [-0.2, 0) is 10.5 Å². The van der Waals surface area contributed by atoms with Gasteiger partial charge in [-0.2, -0.15) is 0 Å². The fraction of sp³-hybridized carbons (Fsp3) is 0.632. The minimum Gasteiger partial charge on any atom is -0.336 e. The van der Waals surface area contributed by atoms with Crippen LogP contribution in [-0.4, -0.2) is 38.0 Å². The molecule has 2 aliphatic carbocycles. The van der Waals surface area contributed by atoms with E-state index in [-0.39, 0.29) is 11.5 Å². The molecule has 0 radical (unpaired) electrons. The molecule has 0 atom stereocenters. The van der Waals surface area contributed by atoms with Crippen molar-refractivity contribution in [1.29, 1.82) is 0 Å². The molecule has 26 heavy (non-hydrogen) atoms. The van der Waals surface area contributed by atoms with Gasteiger partial charge in [-0.1, -0.05) is 6.92 Å². The zero-order chi connectivity index (χ0) is 18.1. The molecule has 140 valence electrons. The molecule has 0 spiro atoms. The molecule has 2 aromatic rings. The third-order valence-corrected chi connectivity index (χ3v) is 7.15. The minimum atomic E-state index is -0.0471. The van der Waals surface area contributed by atoms with Crippen LogP contribution in [0.3, 0.4) is 0 Å². The van der Waals surface area contributed by atoms with Gasteiger partial charge in [0.1, 0.15) is 0 Å². The van der Waals surface area contributed by atoms with Crippen LogP contribution in [0.4, 0.5) is 0 Å². The first-order chi connectivity index (χ1) is 12.6. The van der Waals surface area contributed by atoms with Crippen molar-refractivity contribution < 1.29 is 4.79 Å². The van der Waals surface area contributed by atoms with E-state index in [1.54, 1.807) is 28.4 Å². The summed E-state index contributed by atoms with van der Waals surface area (Å²) in [5, 5.41) is 1.86. The number of thioether (sulfide) groups is 1. The maximum Gasteiger partial charge on any atom is 0.258 e. The van der Waals surface area contributed by atoms with Gasteiger partial charge >= 0.3 is 0 Å². The monoisotopic (exact) mass is 391 g/mol. The predicted octanol–water partition coefficient (Wildman–Crippen LogP) is 3.56. The summed E-state index contributed by atoms with van der Waals surface area (Å²) in [6, 6.07) is 2.50. The predicted molar refractivity (Wildman–Crippen MR) is 107 cm³/mol. The highest BCUT2D eigenvalue weighted by Crippen LogP contribution is 2.35. The van der Waals surface area contributed by atoms with Crippen LogP contribution in [0.2, 0.25) is 0 Å². The van der Waals surface area contributed by atoms with Crippen LogP contribution in [0.25, 0.3) is 4.96 Å². The van der Waals surface area contributed by atoms with Crippen LogP contribution in [0.15, 0.2) is 22.4 Å². The Morgan fingerprint density at radius 3 is 2.65 bits per heavy atom. The number of carbonyl (C=O) groups is 1. The van der Waals surface area contributed by atoms with E-state index >= 15 is 0 Å². The third kappa shape index (κ3) is 3.98. The molecule has 4 rings (SSSR count). The molecule has 2 aromatic heterocycles. The highest BCUT2D eigenvalue weighted by atomic mass is 32.2. The Bertz CT molecular complexity index is 835. The molecule has 0 bridgehead atoms. The summed E-state index contributed by atoms with van der Waals surface area (Å²) >= 11 is 3.03. The molecule has 7 heteroatoms. The molecule has 2 heterocycles. The van der Waals surface area contributed by atoms with E-state index in [2.05, 4.69) is 16.8 Å². The van der Waals surface area contributed by atoms with Crippen LogP contribution in [0, 0.1) is 5.92 Å². The number of fused-ring (bicyclic) bond motifs is 1. The Morgan fingerprint density at radius 2 is 1.96 bits per heavy atom. The quantitative estimate of drug-likeness (QED) is 0.756. The largest absolute Gasteiger partial charge is 0.336 e. The van der Waals surface area contributed by atoms with Crippen molar-refractivity contribution in [3.05, 3.63) is 33.7 Å². The first-order valence-electron chi connectivity index (χ1n) is 9.46. The molecule has 1 amide bonds. The van der Waals surface area contributed by atoms with Gasteiger partial charge in [0.25, 0.3) is 5.56 Å². The summed E-state index contributed by atoms with van der Waals surface area (Å²) < 4.78 is 1.56. The molecule has 2 saturated carbocycles. The summed E-state index contributed by atoms with van der Waals surface area (Å²) in [5.74, 6) is 2.16. The van der Waals surface area contributed by atoms with Gasteiger partial charge in [0.05, 0.1) is 11.4 Å². The first-order valence-corrected chi connectivity index (χ1v) is 11.5. The maximum absolute atomic E-state index is 12.9. The van der Waals surface area contributed by atoms with Crippen molar-refractivity contribution in [2.24, 2.45) is 5.92 Å². The van der Waals surface area contributed by atoms with Gasteiger partial charge in [-0.3, -0.25) is 14.0 Å². The fourth-order valence-corrected chi connectivity index (χ4v) is 5.38. The van der Waals surface area contributed by atoms with Gasteiger partial charge in [0.2, 0.25) is 5.91 Å². The van der Waals surface area contributed by atoms with E-state index in [9.17, 15) is 9.59 Å². The van der Waals surface area contributed by atoms with E-state index < -0.39 is 0 Å². The highest BCUT2D eigenvalue weighted by Gasteiger charge is 2.38. The number of hydrogen-bond acceptors (Lipinski definition) is 5. The summed E-state index contributed by atoms with van der Waals surface area (Å²) in [7, 11) is 0. The Morgan fingerprint density at radius 1 is 1.27 bits per heavy atom. The first kappa shape index (κ1) is 18.0. The molecule has 2 fully saturated rings. The number of aromatic nitrogens is 2. The number of amides is 1. The van der Waals surface area contributed by atoms with Crippen molar-refractivity contribution in [3.63, 3.8) is 0 Å². The molecule has 5 nitrogen and oxygen atoms in total. The van der Waals surface area contributed by atoms with E-state index in [1.807, 2.05) is 5.38 Å². The molecule has 0 N–H and O–H groups in total. The van der Waals surface area contributed by atoms with Crippen LogP contribution in [0.1, 0.15) is 51.1 Å². The van der Waals surface area contributed by atoms with E-state index in [0.717, 1.165) is 42.3 Å². The van der Waals surface area contributed by atoms with E-state index in [4.69, 9.17) is 0 Å². The molecule has 2 aliphatic rings. The smallest absolute Gasteiger partial charge is 0.258 e. The van der Waals surface area contributed by atoms with Gasteiger partial charge < -0.3 is 4.90 Å². The molecule has 0 unspecified atom stereocenters. The Kier molecular flexibility index (Phi) is 5.36. The van der Waals surface area contributed by atoms with Gasteiger partial charge in [-0.15, -0.1) is 23.1 Å². The standard InChI is InChI=1S/C19H25N3O2S2/c1-13-2-4-15(5-3-13)22(16-6-7-16)18(24)12-25-11-14-10-17(23)21-8-9-26-19(21)20-14/h8-10,13,15-16H,2-7,11-12H2,1H3. The number of nitrogens with zero attached hydrogens (tertiary/aromatic N) is 3. The summed E-state index contributed by atoms with van der Waals surface area (Å²) in [6.07, 6.45) is 8.86. The van der Waals surface area contributed by atoms with Gasteiger partial charge in [0.15, 0.2) is 4.96 Å². The number of carbonyl (C=O) groups excluding carboxylic acids is 1. The van der Waals surface area contributed by atoms with Crippen molar-refractivity contribution in [1.82, 2.24) is 14.3 Å². The fourth-order valence-electron chi connectivity index (χ4n) is 3.86. The lowest BCUT2D eigenvalue weighted by molar-refractivity contribution is -0.132. The third-order valence-electron chi connectivity index (χ3n) is 5.44. The Hall–Kier alpha value is -1.34. The van der Waals surface area contributed by atoms with Gasteiger partial charge in [0, 0.05) is 35.5 Å². The van der Waals surface area contributed by atoms with Gasteiger partial charge in [-0.05, 0) is 44.4 Å². The van der Waals surface area contributed by atoms with Crippen LogP contribution >= 0.6 is 23.1 Å². The van der Waals surface area contributed by atoms with Crippen LogP contribution in [0.5, 0.6) is 0 Å². The molecule has 0 aromatic carbocycles. The lowest BCUT2D eigenvalue weighted by Gasteiger charge is -2.36. The second kappa shape index (κ2) is 7.72. The van der Waals surface area contributed by atoms with Crippen LogP contribution < -0.4 is 5.56 Å². The topological polar surface area (TPSA) is 54.7 Å². The normalized spacial score (nSPS) is 23.3. The van der Waals surface area contributed by atoms with Crippen molar-refractivity contribution in [2.45, 2.75) is 63.3 Å². The summed E-state index contributed by atoms with van der Waals surface area (Å²) in [5.41, 5.74) is 0.717. The Balaban J connectivity index is 1.35. The summed E-state index contributed by atoms with van der Waals surface area (Å²) in [4.78, 5) is 32.3. The van der Waals surface area contributed by atoms with Gasteiger partial charge in [-0.25, -0.2) is 4.98 Å². The zero-order valence-corrected chi connectivity index (χ0v) is 16.7. The average Bonchev–Trinajstić information content (AvgIpc) is 3.33. The number of rotatable bonds is 6. The van der Waals surface area contributed by atoms with E-state index in [1.165, 1.54) is 24.2 Å². The molecule has 0 saturated heterocycles. The lowest BCUT2D eigenvalue weighted by Crippen LogP contribution is -2.44. The lowest BCUT2D eigenvalue weighted by atomic mass is 9.86. The average molecular weight is 392 g/mol. The minimum absolute atomic E-state index is 0.0471. The van der Waals surface area contributed by atoms with Crippen molar-refractivity contribution in [3.8, 4) is 0 Å². The summed E-state index contributed by atoms with van der Waals surface area (Å²) in [6.45, 7) is 2.31.